The number of pyridine rings is 1. The van der Waals surface area contributed by atoms with E-state index in [1.807, 2.05) is 0 Å². The van der Waals surface area contributed by atoms with E-state index in [9.17, 15) is 0 Å². The molecule has 0 saturated carbocycles. The van der Waals surface area contributed by atoms with Crippen molar-refractivity contribution in [3.8, 4) is 22.4 Å². The molecular formula is C31H31N2O+. The number of aryl methyl sites for hydroxylation is 2. The third kappa shape index (κ3) is 3.07. The van der Waals surface area contributed by atoms with E-state index in [0.717, 1.165) is 39.9 Å². The SMILES string of the molecule is Cc1ccc2c(oc3c(-c4ccc5c(c4)N(C)CCC5(C)C)cccc32)c1-c1cccc[n+]1C. The number of aromatic nitrogens is 1. The number of nitrogens with zero attached hydrogens (tertiary/aromatic N) is 2. The first-order valence-electron chi connectivity index (χ1n) is 12.1. The van der Waals surface area contributed by atoms with Gasteiger partial charge in [0.2, 0.25) is 5.69 Å². The summed E-state index contributed by atoms with van der Waals surface area (Å²) in [6, 6.07) is 24.2. The zero-order chi connectivity index (χ0) is 23.6. The summed E-state index contributed by atoms with van der Waals surface area (Å²) in [6.45, 7) is 7.95. The Morgan fingerprint density at radius 1 is 0.912 bits per heavy atom. The molecule has 3 heteroatoms. The number of benzene rings is 3. The van der Waals surface area contributed by atoms with Gasteiger partial charge in [0.1, 0.15) is 18.2 Å². The first kappa shape index (κ1) is 21.0. The fraction of sp³-hybridized carbons (Fsp3) is 0.258. The molecule has 0 unspecified atom stereocenters. The van der Waals surface area contributed by atoms with Crippen LogP contribution in [-0.4, -0.2) is 13.6 Å². The Hall–Kier alpha value is -3.59. The number of para-hydroxylation sites is 1. The molecule has 0 N–H and O–H groups in total. The molecule has 0 amide bonds. The van der Waals surface area contributed by atoms with E-state index in [1.54, 1.807) is 0 Å². The fourth-order valence-electron chi connectivity index (χ4n) is 5.58. The third-order valence-corrected chi connectivity index (χ3v) is 7.71. The maximum Gasteiger partial charge on any atom is 0.216 e. The van der Waals surface area contributed by atoms with Crippen molar-refractivity contribution in [3.05, 3.63) is 84.1 Å². The Balaban J connectivity index is 1.61. The summed E-state index contributed by atoms with van der Waals surface area (Å²) in [5, 5.41) is 2.33. The highest BCUT2D eigenvalue weighted by atomic mass is 16.3. The Labute approximate surface area is 201 Å². The molecule has 0 radical (unpaired) electrons. The Bertz CT molecular complexity index is 1570. The van der Waals surface area contributed by atoms with Gasteiger partial charge in [-0.15, -0.1) is 0 Å². The number of furan rings is 1. The van der Waals surface area contributed by atoms with Crippen LogP contribution in [0.5, 0.6) is 0 Å². The first-order valence-corrected chi connectivity index (χ1v) is 12.1. The molecule has 0 saturated heterocycles. The second-order valence-electron chi connectivity index (χ2n) is 10.4. The van der Waals surface area contributed by atoms with Gasteiger partial charge >= 0.3 is 0 Å². The Morgan fingerprint density at radius 2 is 1.74 bits per heavy atom. The average Bonchev–Trinajstić information content (AvgIpc) is 3.21. The number of fused-ring (bicyclic) bond motifs is 4. The van der Waals surface area contributed by atoms with Crippen molar-refractivity contribution in [1.82, 2.24) is 0 Å². The normalized spacial score (nSPS) is 15.1. The zero-order valence-electron chi connectivity index (χ0n) is 20.6. The second-order valence-corrected chi connectivity index (χ2v) is 10.4. The van der Waals surface area contributed by atoms with E-state index in [0.29, 0.717) is 0 Å². The lowest BCUT2D eigenvalue weighted by molar-refractivity contribution is -0.660. The lowest BCUT2D eigenvalue weighted by Crippen LogP contribution is -2.34. The minimum Gasteiger partial charge on any atom is -0.454 e. The predicted octanol–water partition coefficient (Wildman–Crippen LogP) is 7.17. The standard InChI is InChI=1S/C31H31N2O/c1-20-12-14-24-23-10-8-9-22(21-13-15-25-27(19-21)33(5)18-16-31(25,2)3)29(23)34-30(24)28(20)26-11-6-7-17-32(26)4/h6-15,17,19H,16,18H2,1-5H3/q+1. The molecule has 0 fully saturated rings. The molecule has 5 aromatic rings. The molecule has 0 aliphatic carbocycles. The van der Waals surface area contributed by atoms with E-state index in [2.05, 4.69) is 117 Å². The molecule has 3 heterocycles. The van der Waals surface area contributed by atoms with Crippen molar-refractivity contribution in [2.75, 3.05) is 18.5 Å². The topological polar surface area (TPSA) is 20.3 Å². The molecular weight excluding hydrogens is 416 g/mol. The van der Waals surface area contributed by atoms with Crippen LogP contribution in [0.15, 0.2) is 77.3 Å². The van der Waals surface area contributed by atoms with Crippen molar-refractivity contribution >= 4 is 27.6 Å². The van der Waals surface area contributed by atoms with Gasteiger partial charge in [0.05, 0.1) is 5.56 Å². The smallest absolute Gasteiger partial charge is 0.216 e. The number of hydrogen-bond acceptors (Lipinski definition) is 2. The van der Waals surface area contributed by atoms with Crippen LogP contribution in [0.2, 0.25) is 0 Å². The van der Waals surface area contributed by atoms with Crippen LogP contribution in [0.1, 0.15) is 31.4 Å². The van der Waals surface area contributed by atoms with Crippen molar-refractivity contribution in [2.45, 2.75) is 32.6 Å². The number of anilines is 1. The molecule has 6 rings (SSSR count). The predicted molar refractivity (Wildman–Crippen MR) is 141 cm³/mol. The molecule has 170 valence electrons. The van der Waals surface area contributed by atoms with Crippen LogP contribution in [0.25, 0.3) is 44.3 Å². The van der Waals surface area contributed by atoms with Gasteiger partial charge in [0.25, 0.3) is 0 Å². The van der Waals surface area contributed by atoms with E-state index in [4.69, 9.17) is 4.42 Å². The molecule has 0 atom stereocenters. The van der Waals surface area contributed by atoms with Gasteiger partial charge in [-0.2, -0.15) is 0 Å². The van der Waals surface area contributed by atoms with Crippen molar-refractivity contribution in [2.24, 2.45) is 7.05 Å². The molecule has 34 heavy (non-hydrogen) atoms. The largest absolute Gasteiger partial charge is 0.454 e. The fourth-order valence-corrected chi connectivity index (χ4v) is 5.58. The van der Waals surface area contributed by atoms with Gasteiger partial charge in [-0.1, -0.05) is 56.3 Å². The van der Waals surface area contributed by atoms with Gasteiger partial charge in [-0.25, -0.2) is 4.57 Å². The highest BCUT2D eigenvalue weighted by Gasteiger charge is 2.30. The van der Waals surface area contributed by atoms with Crippen LogP contribution in [-0.2, 0) is 12.5 Å². The molecule has 3 aromatic carbocycles. The lowest BCUT2D eigenvalue weighted by atomic mass is 9.77. The van der Waals surface area contributed by atoms with Gasteiger partial charge in [0.15, 0.2) is 6.20 Å². The van der Waals surface area contributed by atoms with Gasteiger partial charge < -0.3 is 9.32 Å². The maximum atomic E-state index is 6.74. The minimum absolute atomic E-state index is 0.198. The van der Waals surface area contributed by atoms with Crippen molar-refractivity contribution in [3.63, 3.8) is 0 Å². The summed E-state index contributed by atoms with van der Waals surface area (Å²) >= 11 is 0. The molecule has 0 spiro atoms. The second kappa shape index (κ2) is 7.46. The van der Waals surface area contributed by atoms with E-state index in [1.165, 1.54) is 34.2 Å². The summed E-state index contributed by atoms with van der Waals surface area (Å²) in [4.78, 5) is 2.39. The molecule has 2 aromatic heterocycles. The van der Waals surface area contributed by atoms with Gasteiger partial charge in [-0.05, 0) is 47.6 Å². The maximum absolute atomic E-state index is 6.74. The monoisotopic (exact) mass is 447 g/mol. The summed E-state index contributed by atoms with van der Waals surface area (Å²) in [5.41, 5.74) is 10.8. The van der Waals surface area contributed by atoms with E-state index < -0.39 is 0 Å². The number of hydrogen-bond donors (Lipinski definition) is 0. The average molecular weight is 448 g/mol. The summed E-state index contributed by atoms with van der Waals surface area (Å²) in [7, 11) is 4.29. The molecule has 1 aliphatic heterocycles. The van der Waals surface area contributed by atoms with Crippen LogP contribution in [0, 0.1) is 6.92 Å². The zero-order valence-corrected chi connectivity index (χ0v) is 20.6. The molecule has 1 aliphatic rings. The van der Waals surface area contributed by atoms with Gasteiger partial charge in [-0.3, -0.25) is 0 Å². The molecule has 0 bridgehead atoms. The van der Waals surface area contributed by atoms with Crippen LogP contribution < -0.4 is 9.47 Å². The molecule has 3 nitrogen and oxygen atoms in total. The van der Waals surface area contributed by atoms with Crippen LogP contribution in [0.3, 0.4) is 0 Å². The van der Waals surface area contributed by atoms with Crippen molar-refractivity contribution in [1.29, 1.82) is 0 Å². The highest BCUT2D eigenvalue weighted by Crippen LogP contribution is 2.44. The summed E-state index contributed by atoms with van der Waals surface area (Å²) < 4.78 is 8.91. The number of rotatable bonds is 2. The quantitative estimate of drug-likeness (QED) is 0.267. The lowest BCUT2D eigenvalue weighted by Gasteiger charge is -2.38. The van der Waals surface area contributed by atoms with Crippen LogP contribution >= 0.6 is 0 Å². The first-order chi connectivity index (χ1) is 16.3. The summed E-state index contributed by atoms with van der Waals surface area (Å²) in [6.07, 6.45) is 3.26. The Kier molecular flexibility index (Phi) is 4.60. The van der Waals surface area contributed by atoms with Crippen LogP contribution in [0.4, 0.5) is 5.69 Å². The minimum atomic E-state index is 0.198. The summed E-state index contributed by atoms with van der Waals surface area (Å²) in [5.74, 6) is 0. The Morgan fingerprint density at radius 3 is 2.56 bits per heavy atom. The van der Waals surface area contributed by atoms with Gasteiger partial charge in [0, 0.05) is 47.7 Å². The third-order valence-electron chi connectivity index (χ3n) is 7.71. The highest BCUT2D eigenvalue weighted by molar-refractivity contribution is 6.13. The van der Waals surface area contributed by atoms with Crippen molar-refractivity contribution < 1.29 is 8.98 Å². The van der Waals surface area contributed by atoms with E-state index >= 15 is 0 Å². The van der Waals surface area contributed by atoms with E-state index in [-0.39, 0.29) is 5.41 Å².